The number of urea groups is 1. The van der Waals surface area contributed by atoms with Crippen LogP contribution in [0, 0.1) is 5.92 Å². The topological polar surface area (TPSA) is 74.7 Å². The van der Waals surface area contributed by atoms with Crippen molar-refractivity contribution in [2.24, 2.45) is 5.92 Å². The summed E-state index contributed by atoms with van der Waals surface area (Å²) in [6, 6.07) is 3.51. The average molecular weight is 372 g/mol. The van der Waals surface area contributed by atoms with Crippen LogP contribution in [0.2, 0.25) is 0 Å². The molecule has 1 unspecified atom stereocenters. The molecule has 1 saturated carbocycles. The van der Waals surface area contributed by atoms with E-state index in [2.05, 4.69) is 16.8 Å². The van der Waals surface area contributed by atoms with E-state index in [1.807, 2.05) is 25.3 Å². The first-order chi connectivity index (χ1) is 12.9. The summed E-state index contributed by atoms with van der Waals surface area (Å²) in [5.74, 6) is 0.239. The third-order valence-electron chi connectivity index (χ3n) is 6.74. The predicted molar refractivity (Wildman–Crippen MR) is 99.8 cm³/mol. The van der Waals surface area contributed by atoms with Crippen LogP contribution in [0.1, 0.15) is 57.7 Å². The number of aromatic nitrogens is 1. The molecule has 0 bridgehead atoms. The number of carbonyl (C=O) groups is 3. The van der Waals surface area contributed by atoms with Gasteiger partial charge in [-0.2, -0.15) is 0 Å². The van der Waals surface area contributed by atoms with Crippen LogP contribution in [-0.4, -0.2) is 50.8 Å². The number of nitrogens with zero attached hydrogens (tertiary/aromatic N) is 3. The third kappa shape index (κ3) is 2.93. The van der Waals surface area contributed by atoms with Crippen molar-refractivity contribution >= 4 is 17.8 Å². The molecule has 7 nitrogen and oxygen atoms in total. The number of rotatable bonds is 3. The van der Waals surface area contributed by atoms with Gasteiger partial charge in [-0.05, 0) is 50.7 Å². The summed E-state index contributed by atoms with van der Waals surface area (Å²) >= 11 is 0. The van der Waals surface area contributed by atoms with Gasteiger partial charge in [0.25, 0.3) is 5.91 Å². The van der Waals surface area contributed by atoms with Crippen molar-refractivity contribution in [3.63, 3.8) is 0 Å². The second-order valence-corrected chi connectivity index (χ2v) is 8.14. The molecule has 27 heavy (non-hydrogen) atoms. The molecule has 1 atom stereocenters. The van der Waals surface area contributed by atoms with Gasteiger partial charge in [-0.25, -0.2) is 4.79 Å². The standard InChI is InChI=1S/C20H28N4O3/c1-3-15-6-8-20(9-7-15)18(26)24(19(27)21-20)13-17(25)23-12-11-22-10-4-5-16(22)14(23)2/h4-5,10,14-15H,3,6-9,11-13H2,1-2H3,(H,21,27). The fourth-order valence-corrected chi connectivity index (χ4v) is 4.88. The van der Waals surface area contributed by atoms with E-state index in [4.69, 9.17) is 0 Å². The number of amides is 4. The molecule has 4 rings (SSSR count). The van der Waals surface area contributed by atoms with E-state index in [-0.39, 0.29) is 24.4 Å². The molecule has 1 saturated heterocycles. The van der Waals surface area contributed by atoms with Gasteiger partial charge in [-0.3, -0.25) is 14.5 Å². The smallest absolute Gasteiger partial charge is 0.325 e. The average Bonchev–Trinajstić information content (AvgIpc) is 3.23. The Balaban J connectivity index is 1.44. The third-order valence-corrected chi connectivity index (χ3v) is 6.74. The van der Waals surface area contributed by atoms with E-state index >= 15 is 0 Å². The lowest BCUT2D eigenvalue weighted by molar-refractivity contribution is -0.141. The monoisotopic (exact) mass is 372 g/mol. The lowest BCUT2D eigenvalue weighted by atomic mass is 9.75. The second kappa shape index (κ2) is 6.69. The maximum Gasteiger partial charge on any atom is 0.325 e. The van der Waals surface area contributed by atoms with Crippen molar-refractivity contribution in [3.8, 4) is 0 Å². The summed E-state index contributed by atoms with van der Waals surface area (Å²) in [6.07, 6.45) is 6.37. The second-order valence-electron chi connectivity index (χ2n) is 8.14. The lowest BCUT2D eigenvalue weighted by Gasteiger charge is -2.36. The summed E-state index contributed by atoms with van der Waals surface area (Å²) in [7, 11) is 0. The lowest BCUT2D eigenvalue weighted by Crippen LogP contribution is -2.50. The fraction of sp³-hybridized carbons (Fsp3) is 0.650. The molecule has 7 heteroatoms. The molecule has 3 heterocycles. The van der Waals surface area contributed by atoms with Gasteiger partial charge in [0.2, 0.25) is 5.91 Å². The van der Waals surface area contributed by atoms with Crippen LogP contribution >= 0.6 is 0 Å². The summed E-state index contributed by atoms with van der Waals surface area (Å²) in [5, 5.41) is 2.91. The van der Waals surface area contributed by atoms with Crippen molar-refractivity contribution in [2.75, 3.05) is 13.1 Å². The van der Waals surface area contributed by atoms with Gasteiger partial charge < -0.3 is 14.8 Å². The Morgan fingerprint density at radius 3 is 2.70 bits per heavy atom. The minimum Gasteiger partial charge on any atom is -0.348 e. The first kappa shape index (κ1) is 18.1. The number of fused-ring (bicyclic) bond motifs is 1. The molecule has 2 aliphatic heterocycles. The van der Waals surface area contributed by atoms with E-state index in [0.29, 0.717) is 25.3 Å². The predicted octanol–water partition coefficient (Wildman–Crippen LogP) is 2.28. The SMILES string of the molecule is CCC1CCC2(CC1)NC(=O)N(CC(=O)N1CCn3cccc3C1C)C2=O. The van der Waals surface area contributed by atoms with Crippen molar-refractivity contribution in [2.45, 2.75) is 64.1 Å². The van der Waals surface area contributed by atoms with Gasteiger partial charge in [-0.15, -0.1) is 0 Å². The zero-order chi connectivity index (χ0) is 19.2. The molecular formula is C20H28N4O3. The normalized spacial score (nSPS) is 30.6. The zero-order valence-corrected chi connectivity index (χ0v) is 16.1. The number of hydrogen-bond donors (Lipinski definition) is 1. The fourth-order valence-electron chi connectivity index (χ4n) is 4.88. The molecule has 1 spiro atoms. The van der Waals surface area contributed by atoms with Crippen molar-refractivity contribution in [3.05, 3.63) is 24.0 Å². The van der Waals surface area contributed by atoms with E-state index in [0.717, 1.165) is 36.4 Å². The van der Waals surface area contributed by atoms with E-state index < -0.39 is 11.6 Å². The molecule has 1 aromatic rings. The Morgan fingerprint density at radius 2 is 2.00 bits per heavy atom. The molecule has 1 aliphatic carbocycles. The van der Waals surface area contributed by atoms with Gasteiger partial charge in [0.05, 0.1) is 6.04 Å². The van der Waals surface area contributed by atoms with Crippen LogP contribution in [0.5, 0.6) is 0 Å². The van der Waals surface area contributed by atoms with Crippen LogP contribution in [0.4, 0.5) is 4.79 Å². The minimum absolute atomic E-state index is 0.0593. The highest BCUT2D eigenvalue weighted by atomic mass is 16.2. The Bertz CT molecular complexity index is 763. The molecule has 1 aromatic heterocycles. The highest BCUT2D eigenvalue weighted by Gasteiger charge is 2.52. The number of carbonyl (C=O) groups excluding carboxylic acids is 3. The first-order valence-corrected chi connectivity index (χ1v) is 10.0. The Hall–Kier alpha value is -2.31. The van der Waals surface area contributed by atoms with Crippen LogP contribution in [0.15, 0.2) is 18.3 Å². The molecule has 4 amide bonds. The summed E-state index contributed by atoms with van der Waals surface area (Å²) in [4.78, 5) is 41.3. The Kier molecular flexibility index (Phi) is 4.48. The summed E-state index contributed by atoms with van der Waals surface area (Å²) < 4.78 is 2.14. The quantitative estimate of drug-likeness (QED) is 0.827. The van der Waals surface area contributed by atoms with Gasteiger partial charge in [0, 0.05) is 25.0 Å². The molecule has 1 N–H and O–H groups in total. The Morgan fingerprint density at radius 1 is 1.26 bits per heavy atom. The summed E-state index contributed by atoms with van der Waals surface area (Å²) in [6.45, 7) is 5.31. The number of imide groups is 1. The first-order valence-electron chi connectivity index (χ1n) is 10.0. The van der Waals surface area contributed by atoms with E-state index in [1.165, 1.54) is 0 Å². The number of nitrogens with one attached hydrogen (secondary N) is 1. The molecular weight excluding hydrogens is 344 g/mol. The maximum absolute atomic E-state index is 13.0. The van der Waals surface area contributed by atoms with Crippen LogP contribution in [0.25, 0.3) is 0 Å². The van der Waals surface area contributed by atoms with Gasteiger partial charge in [-0.1, -0.05) is 13.3 Å². The number of hydrogen-bond acceptors (Lipinski definition) is 3. The molecule has 3 aliphatic rings. The van der Waals surface area contributed by atoms with Gasteiger partial charge in [0.1, 0.15) is 12.1 Å². The van der Waals surface area contributed by atoms with Gasteiger partial charge in [0.15, 0.2) is 0 Å². The minimum atomic E-state index is -0.786. The highest BCUT2D eigenvalue weighted by molar-refractivity contribution is 6.09. The van der Waals surface area contributed by atoms with Crippen LogP contribution < -0.4 is 5.32 Å². The van der Waals surface area contributed by atoms with Crippen LogP contribution in [0.3, 0.4) is 0 Å². The van der Waals surface area contributed by atoms with Crippen molar-refractivity contribution in [1.29, 1.82) is 0 Å². The summed E-state index contributed by atoms with van der Waals surface area (Å²) in [5.41, 5.74) is 0.298. The van der Waals surface area contributed by atoms with Gasteiger partial charge >= 0.3 is 6.03 Å². The molecule has 0 aromatic carbocycles. The van der Waals surface area contributed by atoms with E-state index in [9.17, 15) is 14.4 Å². The molecule has 0 radical (unpaired) electrons. The molecule has 146 valence electrons. The van der Waals surface area contributed by atoms with Crippen molar-refractivity contribution < 1.29 is 14.4 Å². The van der Waals surface area contributed by atoms with Crippen LogP contribution in [-0.2, 0) is 16.1 Å². The maximum atomic E-state index is 13.0. The zero-order valence-electron chi connectivity index (χ0n) is 16.1. The molecule has 2 fully saturated rings. The Labute approximate surface area is 159 Å². The highest BCUT2D eigenvalue weighted by Crippen LogP contribution is 2.37. The van der Waals surface area contributed by atoms with Crippen molar-refractivity contribution in [1.82, 2.24) is 19.7 Å². The largest absolute Gasteiger partial charge is 0.348 e. The van der Waals surface area contributed by atoms with E-state index in [1.54, 1.807) is 4.90 Å².